The predicted molar refractivity (Wildman–Crippen MR) is 150 cm³/mol. The zero-order valence-corrected chi connectivity index (χ0v) is 24.4. The Morgan fingerprint density at radius 2 is 1.98 bits per heavy atom. The third-order valence-corrected chi connectivity index (χ3v) is 9.78. The topological polar surface area (TPSA) is 99.5 Å². The van der Waals surface area contributed by atoms with Crippen LogP contribution in [0.1, 0.15) is 66.4 Å². The minimum Gasteiger partial charge on any atom is -0.464 e. The Hall–Kier alpha value is -2.72. The third-order valence-electron chi connectivity index (χ3n) is 9.78. The van der Waals surface area contributed by atoms with Crippen molar-refractivity contribution in [2.75, 3.05) is 13.2 Å². The van der Waals surface area contributed by atoms with E-state index in [0.717, 1.165) is 35.8 Å². The third kappa shape index (κ3) is 4.77. The number of hydrogen-bond acceptors (Lipinski definition) is 7. The molecule has 2 amide bonds. The normalized spacial score (nSPS) is 31.1. The van der Waals surface area contributed by atoms with Gasteiger partial charge < -0.3 is 33.4 Å². The lowest BCUT2D eigenvalue weighted by Crippen LogP contribution is -2.65. The van der Waals surface area contributed by atoms with Crippen LogP contribution in [0.4, 0.5) is 9.59 Å². The summed E-state index contributed by atoms with van der Waals surface area (Å²) in [4.78, 5) is 27.2. The van der Waals surface area contributed by atoms with Gasteiger partial charge in [-0.3, -0.25) is 0 Å². The molecule has 2 aromatic rings. The standard InChI is InChI=1S/C30H41BN2O7/c1-28(2,3)38-27(35)33-12-11-20(33)17-37-26(34)32-25(13-18-16-36-22-10-8-7-9-21(18)22)31-39-24-15-19-14-23(29(19,4)5)30(24,6)40-31/h7-10,16,19-20,23-25H,11-15,17H2,1-6H3,(H,32,34)/t19-,20+,23-,24?,25-,30-/m0/s1. The molecular weight excluding hydrogens is 511 g/mol. The summed E-state index contributed by atoms with van der Waals surface area (Å²) < 4.78 is 30.1. The van der Waals surface area contributed by atoms with Crippen molar-refractivity contribution >= 4 is 30.3 Å². The fraction of sp³-hybridized carbons (Fsp3) is 0.667. The van der Waals surface area contributed by atoms with Gasteiger partial charge in [0.2, 0.25) is 0 Å². The lowest BCUT2D eigenvalue weighted by Gasteiger charge is -2.64. The molecule has 10 heteroatoms. The minimum atomic E-state index is -0.617. The second-order valence-corrected chi connectivity index (χ2v) is 13.8. The largest absolute Gasteiger partial charge is 0.482 e. The number of furan rings is 1. The van der Waals surface area contributed by atoms with E-state index in [1.165, 1.54) is 0 Å². The van der Waals surface area contributed by atoms with E-state index in [4.69, 9.17) is 23.2 Å². The summed E-state index contributed by atoms with van der Waals surface area (Å²) >= 11 is 0. The molecule has 0 spiro atoms. The van der Waals surface area contributed by atoms with Gasteiger partial charge in [-0.25, -0.2) is 9.59 Å². The molecule has 3 saturated carbocycles. The molecule has 2 saturated heterocycles. The summed E-state index contributed by atoms with van der Waals surface area (Å²) in [5.41, 5.74) is 1.00. The van der Waals surface area contributed by atoms with Crippen molar-refractivity contribution in [3.63, 3.8) is 0 Å². The van der Waals surface area contributed by atoms with Gasteiger partial charge in [0, 0.05) is 11.9 Å². The van der Waals surface area contributed by atoms with Crippen LogP contribution >= 0.6 is 0 Å². The number of nitrogens with one attached hydrogen (secondary N) is 1. The monoisotopic (exact) mass is 552 g/mol. The van der Waals surface area contributed by atoms with E-state index in [9.17, 15) is 9.59 Å². The SMILES string of the molecule is CC(C)(C)OC(=O)N1CC[C@@H]1COC(=O)N[C@@H](Cc1coc2ccccc12)B1OC2C[C@@H]3C[C@@H](C3(C)C)[C@]2(C)O1. The number of para-hydroxylation sites is 1. The van der Waals surface area contributed by atoms with E-state index >= 15 is 0 Å². The van der Waals surface area contributed by atoms with Crippen molar-refractivity contribution < 1.29 is 32.8 Å². The molecule has 1 aromatic carbocycles. The molecule has 3 aliphatic carbocycles. The number of nitrogens with zero attached hydrogens (tertiary/aromatic N) is 1. The molecule has 1 aromatic heterocycles. The number of fused-ring (bicyclic) bond motifs is 1. The van der Waals surface area contributed by atoms with Gasteiger partial charge in [-0.05, 0) is 82.3 Å². The van der Waals surface area contributed by atoms with Gasteiger partial charge in [-0.15, -0.1) is 0 Å². The van der Waals surface area contributed by atoms with Crippen LogP contribution in [-0.2, 0) is 25.2 Å². The molecule has 1 unspecified atom stereocenters. The number of alkyl carbamates (subject to hydrolysis) is 1. The Bertz CT molecular complexity index is 1290. The Morgan fingerprint density at radius 3 is 2.67 bits per heavy atom. The van der Waals surface area contributed by atoms with Crippen molar-refractivity contribution in [1.29, 1.82) is 0 Å². The molecule has 7 rings (SSSR count). The number of likely N-dealkylation sites (tertiary alicyclic amines) is 1. The first-order valence-electron chi connectivity index (χ1n) is 14.6. The van der Waals surface area contributed by atoms with Crippen LogP contribution in [0.3, 0.4) is 0 Å². The molecule has 9 nitrogen and oxygen atoms in total. The van der Waals surface area contributed by atoms with Gasteiger partial charge in [0.25, 0.3) is 0 Å². The number of rotatable bonds is 6. The number of hydrogen-bond donors (Lipinski definition) is 1. The predicted octanol–water partition coefficient (Wildman–Crippen LogP) is 5.35. The first-order valence-corrected chi connectivity index (χ1v) is 14.6. The first-order chi connectivity index (χ1) is 18.8. The lowest BCUT2D eigenvalue weighted by atomic mass is 9.43. The number of ether oxygens (including phenoxy) is 2. The molecule has 3 heterocycles. The van der Waals surface area contributed by atoms with Crippen LogP contribution in [0.5, 0.6) is 0 Å². The number of benzene rings is 1. The maximum Gasteiger partial charge on any atom is 0.482 e. The van der Waals surface area contributed by atoms with Gasteiger partial charge in [0.05, 0.1) is 30.0 Å². The Balaban J connectivity index is 1.15. The highest BCUT2D eigenvalue weighted by Gasteiger charge is 2.68. The second-order valence-electron chi connectivity index (χ2n) is 13.8. The molecule has 2 bridgehead atoms. The smallest absolute Gasteiger partial charge is 0.464 e. The van der Waals surface area contributed by atoms with Gasteiger partial charge in [-0.2, -0.15) is 0 Å². The number of carbonyl (C=O) groups excluding carboxylic acids is 2. The van der Waals surface area contributed by atoms with E-state index in [-0.39, 0.29) is 30.3 Å². The summed E-state index contributed by atoms with van der Waals surface area (Å²) in [6.45, 7) is 13.0. The van der Waals surface area contributed by atoms with Crippen LogP contribution in [0.15, 0.2) is 34.9 Å². The van der Waals surface area contributed by atoms with Crippen molar-refractivity contribution in [1.82, 2.24) is 10.2 Å². The zero-order chi connectivity index (χ0) is 28.4. The van der Waals surface area contributed by atoms with Crippen LogP contribution in [0, 0.1) is 17.3 Å². The second kappa shape index (κ2) is 9.69. The summed E-state index contributed by atoms with van der Waals surface area (Å²) in [5, 5.41) is 4.03. The van der Waals surface area contributed by atoms with Gasteiger partial charge in [0.15, 0.2) is 0 Å². The maximum absolute atomic E-state index is 13.1. The molecule has 5 fully saturated rings. The molecule has 5 aliphatic rings. The minimum absolute atomic E-state index is 0.00643. The highest BCUT2D eigenvalue weighted by Crippen LogP contribution is 2.65. The average molecular weight is 552 g/mol. The molecule has 216 valence electrons. The molecule has 1 N–H and O–H groups in total. The van der Waals surface area contributed by atoms with E-state index in [1.54, 1.807) is 11.2 Å². The molecular formula is C30H41BN2O7. The number of amides is 2. The van der Waals surface area contributed by atoms with Gasteiger partial charge in [-0.1, -0.05) is 32.0 Å². The van der Waals surface area contributed by atoms with E-state index in [1.807, 2.05) is 45.0 Å². The van der Waals surface area contributed by atoms with Crippen molar-refractivity contribution in [2.24, 2.45) is 17.3 Å². The lowest BCUT2D eigenvalue weighted by molar-refractivity contribution is -0.199. The Kier molecular flexibility index (Phi) is 6.65. The highest BCUT2D eigenvalue weighted by atomic mass is 16.7. The fourth-order valence-corrected chi connectivity index (χ4v) is 7.25. The average Bonchev–Trinajstić information content (AvgIpc) is 3.42. The van der Waals surface area contributed by atoms with Gasteiger partial charge >= 0.3 is 19.3 Å². The molecule has 40 heavy (non-hydrogen) atoms. The summed E-state index contributed by atoms with van der Waals surface area (Å²) in [7, 11) is -0.617. The van der Waals surface area contributed by atoms with Crippen LogP contribution in [-0.4, -0.2) is 66.6 Å². The van der Waals surface area contributed by atoms with Gasteiger partial charge in [0.1, 0.15) is 17.8 Å². The fourth-order valence-electron chi connectivity index (χ4n) is 7.25. The van der Waals surface area contributed by atoms with E-state index in [0.29, 0.717) is 24.8 Å². The van der Waals surface area contributed by atoms with E-state index < -0.39 is 30.4 Å². The molecule has 6 atom stereocenters. The van der Waals surface area contributed by atoms with Crippen LogP contribution in [0.25, 0.3) is 11.0 Å². The van der Waals surface area contributed by atoms with Crippen LogP contribution in [0.2, 0.25) is 0 Å². The quantitative estimate of drug-likeness (QED) is 0.483. The Labute approximate surface area is 236 Å². The van der Waals surface area contributed by atoms with E-state index in [2.05, 4.69) is 26.1 Å². The summed E-state index contributed by atoms with van der Waals surface area (Å²) in [5.74, 6) is 0.552. The molecule has 2 aliphatic heterocycles. The highest BCUT2D eigenvalue weighted by molar-refractivity contribution is 6.48. The van der Waals surface area contributed by atoms with Crippen molar-refractivity contribution in [2.45, 2.75) is 96.5 Å². The summed E-state index contributed by atoms with van der Waals surface area (Å²) in [6, 6.07) is 7.65. The first kappa shape index (κ1) is 27.5. The zero-order valence-electron chi connectivity index (χ0n) is 24.4. The number of carbonyl (C=O) groups is 2. The molecule has 0 radical (unpaired) electrons. The summed E-state index contributed by atoms with van der Waals surface area (Å²) in [6.07, 6.45) is 4.11. The van der Waals surface area contributed by atoms with Crippen molar-refractivity contribution in [3.8, 4) is 0 Å². The van der Waals surface area contributed by atoms with Crippen LogP contribution < -0.4 is 5.32 Å². The van der Waals surface area contributed by atoms with Crippen molar-refractivity contribution in [3.05, 3.63) is 36.1 Å². The Morgan fingerprint density at radius 1 is 1.20 bits per heavy atom. The maximum atomic E-state index is 13.1.